The fourth-order valence-corrected chi connectivity index (χ4v) is 4.07. The molecule has 1 aliphatic carbocycles. The van der Waals surface area contributed by atoms with Crippen LogP contribution in [0.2, 0.25) is 19.6 Å². The maximum atomic E-state index is 10.4. The van der Waals surface area contributed by atoms with Crippen LogP contribution in [-0.4, -0.2) is 14.4 Å². The normalized spacial score (nSPS) is 25.0. The Morgan fingerprint density at radius 2 is 1.90 bits per heavy atom. The average Bonchev–Trinajstić information content (AvgIpc) is 2.39. The Morgan fingerprint density at radius 1 is 1.40 bits per heavy atom. The Hall–Kier alpha value is -0.373. The summed E-state index contributed by atoms with van der Waals surface area (Å²) in [4.78, 5) is 10.4. The molecule has 1 nitrogen and oxygen atoms in total. The molecule has 1 rings (SSSR count). The highest BCUT2D eigenvalue weighted by Crippen LogP contribution is 2.43. The van der Waals surface area contributed by atoms with Crippen molar-refractivity contribution >= 4 is 14.4 Å². The van der Waals surface area contributed by atoms with E-state index in [0.29, 0.717) is 0 Å². The van der Waals surface area contributed by atoms with Crippen molar-refractivity contribution in [3.8, 4) is 0 Å². The summed E-state index contributed by atoms with van der Waals surface area (Å²) >= 11 is 0. The molecule has 0 heterocycles. The van der Waals surface area contributed by atoms with E-state index < -0.39 is 8.07 Å². The van der Waals surface area contributed by atoms with Gasteiger partial charge in [-0.05, 0) is 6.92 Å². The van der Waals surface area contributed by atoms with Crippen molar-refractivity contribution in [3.63, 3.8) is 0 Å². The molecular formula is C8H14OSi. The summed E-state index contributed by atoms with van der Waals surface area (Å²) in [7, 11) is -1.12. The molecule has 2 heteroatoms. The van der Waals surface area contributed by atoms with E-state index in [1.807, 2.05) is 0 Å². The van der Waals surface area contributed by atoms with Gasteiger partial charge in [0.1, 0.15) is 6.29 Å². The summed E-state index contributed by atoms with van der Waals surface area (Å²) in [6.45, 7) is 8.94. The highest BCUT2D eigenvalue weighted by atomic mass is 28.3. The lowest BCUT2D eigenvalue weighted by molar-refractivity contribution is -0.108. The van der Waals surface area contributed by atoms with Gasteiger partial charge in [-0.25, -0.2) is 0 Å². The van der Waals surface area contributed by atoms with Gasteiger partial charge in [0.2, 0.25) is 0 Å². The van der Waals surface area contributed by atoms with Gasteiger partial charge in [0.05, 0.1) is 14.0 Å². The van der Waals surface area contributed by atoms with Crippen LogP contribution in [0.5, 0.6) is 0 Å². The van der Waals surface area contributed by atoms with E-state index in [1.54, 1.807) is 0 Å². The predicted octanol–water partition coefficient (Wildman–Crippen LogP) is 2.01. The molecule has 0 spiro atoms. The molecule has 0 amide bonds. The van der Waals surface area contributed by atoms with E-state index in [2.05, 4.69) is 26.6 Å². The topological polar surface area (TPSA) is 17.1 Å². The maximum absolute atomic E-state index is 10.4. The van der Waals surface area contributed by atoms with Crippen LogP contribution in [0.25, 0.3) is 0 Å². The zero-order valence-corrected chi connectivity index (χ0v) is 8.06. The second-order valence-electron chi connectivity index (χ2n) is 3.96. The molecule has 10 heavy (non-hydrogen) atoms. The summed E-state index contributed by atoms with van der Waals surface area (Å²) in [5.74, 6) is 0.242. The summed E-state index contributed by atoms with van der Waals surface area (Å²) < 4.78 is 0. The number of rotatable bonds is 2. The number of allylic oxidation sites excluding steroid dienone is 2. The fraction of sp³-hybridized carbons (Fsp3) is 0.625. The van der Waals surface area contributed by atoms with E-state index in [0.717, 1.165) is 6.29 Å². The average molecular weight is 154 g/mol. The standard InChI is InChI=1S/C8H14OSi/c1-6-7(5-9)8(6)10(2,3)4/h5,7H,1-4H3/t7-/m0/s1. The van der Waals surface area contributed by atoms with Gasteiger partial charge in [0, 0.05) is 0 Å². The highest BCUT2D eigenvalue weighted by molar-refractivity contribution is 6.84. The highest BCUT2D eigenvalue weighted by Gasteiger charge is 2.40. The van der Waals surface area contributed by atoms with Crippen LogP contribution in [0.4, 0.5) is 0 Å². The van der Waals surface area contributed by atoms with Gasteiger partial charge in [-0.2, -0.15) is 0 Å². The van der Waals surface area contributed by atoms with Gasteiger partial charge < -0.3 is 4.79 Å². The van der Waals surface area contributed by atoms with Crippen LogP contribution in [0.1, 0.15) is 6.92 Å². The molecule has 0 aromatic heterocycles. The van der Waals surface area contributed by atoms with Crippen molar-refractivity contribution in [2.24, 2.45) is 5.92 Å². The van der Waals surface area contributed by atoms with E-state index in [-0.39, 0.29) is 5.92 Å². The lowest BCUT2D eigenvalue weighted by Gasteiger charge is -2.10. The minimum absolute atomic E-state index is 0.242. The SMILES string of the molecule is CC1=C([Si](C)(C)C)[C@H]1C=O. The first-order valence-electron chi connectivity index (χ1n) is 3.65. The van der Waals surface area contributed by atoms with Crippen molar-refractivity contribution in [2.45, 2.75) is 26.6 Å². The zero-order valence-electron chi connectivity index (χ0n) is 7.06. The largest absolute Gasteiger partial charge is 0.302 e. The third-order valence-corrected chi connectivity index (χ3v) is 4.38. The Balaban J connectivity index is 2.71. The van der Waals surface area contributed by atoms with Gasteiger partial charge >= 0.3 is 0 Å². The number of carbonyl (C=O) groups is 1. The quantitative estimate of drug-likeness (QED) is 0.439. The van der Waals surface area contributed by atoms with Gasteiger partial charge in [-0.3, -0.25) is 0 Å². The molecule has 0 radical (unpaired) electrons. The first-order valence-corrected chi connectivity index (χ1v) is 7.15. The van der Waals surface area contributed by atoms with Crippen LogP contribution in [0.3, 0.4) is 0 Å². The van der Waals surface area contributed by atoms with Crippen molar-refractivity contribution in [1.82, 2.24) is 0 Å². The molecule has 0 saturated heterocycles. The number of hydrogen-bond acceptors (Lipinski definition) is 1. The Morgan fingerprint density at radius 3 is 2.00 bits per heavy atom. The fourth-order valence-electron chi connectivity index (χ4n) is 1.58. The van der Waals surface area contributed by atoms with Gasteiger partial charge in [-0.1, -0.05) is 30.4 Å². The molecule has 1 atom stereocenters. The van der Waals surface area contributed by atoms with Crippen LogP contribution in [0.15, 0.2) is 10.8 Å². The molecule has 1 aliphatic rings. The molecule has 0 bridgehead atoms. The van der Waals surface area contributed by atoms with Crippen LogP contribution < -0.4 is 0 Å². The first kappa shape index (κ1) is 7.73. The monoisotopic (exact) mass is 154 g/mol. The van der Waals surface area contributed by atoms with Gasteiger partial charge in [0.15, 0.2) is 0 Å². The Bertz CT molecular complexity index is 198. The third-order valence-electron chi connectivity index (χ3n) is 2.06. The van der Waals surface area contributed by atoms with E-state index in [1.165, 1.54) is 10.8 Å². The van der Waals surface area contributed by atoms with Gasteiger partial charge in [-0.15, -0.1) is 0 Å². The Labute approximate surface area is 63.1 Å². The molecule has 0 fully saturated rings. The lowest BCUT2D eigenvalue weighted by Crippen LogP contribution is -2.20. The first-order chi connectivity index (χ1) is 4.48. The predicted molar refractivity (Wildman–Crippen MR) is 45.6 cm³/mol. The Kier molecular flexibility index (Phi) is 1.59. The van der Waals surface area contributed by atoms with E-state index >= 15 is 0 Å². The number of aldehydes is 1. The minimum atomic E-state index is -1.12. The zero-order chi connectivity index (χ0) is 7.94. The second kappa shape index (κ2) is 2.05. The third kappa shape index (κ3) is 1.08. The molecule has 56 valence electrons. The van der Waals surface area contributed by atoms with Crippen LogP contribution in [-0.2, 0) is 4.79 Å². The number of hydrogen-bond donors (Lipinski definition) is 0. The minimum Gasteiger partial charge on any atom is -0.302 e. The smallest absolute Gasteiger partial charge is 0.130 e. The van der Waals surface area contributed by atoms with Gasteiger partial charge in [0.25, 0.3) is 0 Å². The summed E-state index contributed by atoms with van der Waals surface area (Å²) in [6, 6.07) is 0. The number of carbonyl (C=O) groups excluding carboxylic acids is 1. The van der Waals surface area contributed by atoms with Crippen molar-refractivity contribution in [1.29, 1.82) is 0 Å². The molecule has 0 aromatic carbocycles. The molecule has 0 saturated carbocycles. The van der Waals surface area contributed by atoms with Crippen molar-refractivity contribution < 1.29 is 4.79 Å². The maximum Gasteiger partial charge on any atom is 0.130 e. The molecule has 0 aromatic rings. The summed E-state index contributed by atoms with van der Waals surface area (Å²) in [5, 5.41) is 1.47. The van der Waals surface area contributed by atoms with E-state index in [9.17, 15) is 4.79 Å². The molecular weight excluding hydrogens is 140 g/mol. The second-order valence-corrected chi connectivity index (χ2v) is 9.00. The van der Waals surface area contributed by atoms with Crippen LogP contribution in [0, 0.1) is 5.92 Å². The van der Waals surface area contributed by atoms with E-state index in [4.69, 9.17) is 0 Å². The van der Waals surface area contributed by atoms with Crippen molar-refractivity contribution in [2.75, 3.05) is 0 Å². The summed E-state index contributed by atoms with van der Waals surface area (Å²) in [6.07, 6.45) is 1.07. The molecule has 0 unspecified atom stereocenters. The summed E-state index contributed by atoms with van der Waals surface area (Å²) in [5.41, 5.74) is 1.34. The van der Waals surface area contributed by atoms with Crippen molar-refractivity contribution in [3.05, 3.63) is 10.8 Å². The molecule has 0 N–H and O–H groups in total. The lowest BCUT2D eigenvalue weighted by atomic mass is 10.3. The van der Waals surface area contributed by atoms with Crippen LogP contribution >= 0.6 is 0 Å². The molecule has 0 aliphatic heterocycles.